The molecule has 1 aliphatic rings. The van der Waals surface area contributed by atoms with Crippen LogP contribution in [0.3, 0.4) is 0 Å². The molecule has 0 saturated carbocycles. The predicted molar refractivity (Wildman–Crippen MR) is 89.6 cm³/mol. The van der Waals surface area contributed by atoms with Crippen LogP contribution >= 0.6 is 0 Å². The first-order valence-electron chi connectivity index (χ1n) is 7.98. The average molecular weight is 342 g/mol. The highest BCUT2D eigenvalue weighted by Crippen LogP contribution is 2.29. The van der Waals surface area contributed by atoms with E-state index in [0.717, 1.165) is 32.4 Å². The number of rotatable bonds is 7. The van der Waals surface area contributed by atoms with E-state index in [0.29, 0.717) is 18.0 Å². The minimum atomic E-state index is -3.58. The minimum Gasteiger partial charge on any atom is -0.497 e. The van der Waals surface area contributed by atoms with Crippen molar-refractivity contribution in [2.24, 2.45) is 0 Å². The van der Waals surface area contributed by atoms with E-state index < -0.39 is 10.0 Å². The molecule has 6 nitrogen and oxygen atoms in total. The average Bonchev–Trinajstić information content (AvgIpc) is 2.59. The Morgan fingerprint density at radius 1 is 1.13 bits per heavy atom. The number of piperidine rings is 1. The monoisotopic (exact) mass is 342 g/mol. The highest BCUT2D eigenvalue weighted by atomic mass is 32.2. The second kappa shape index (κ2) is 7.99. The maximum absolute atomic E-state index is 13.2. The molecule has 1 aromatic carbocycles. The Labute approximate surface area is 138 Å². The van der Waals surface area contributed by atoms with Crippen molar-refractivity contribution in [2.75, 3.05) is 33.9 Å². The Kier molecular flexibility index (Phi) is 6.26. The largest absolute Gasteiger partial charge is 0.497 e. The molecule has 0 amide bonds. The zero-order valence-electron chi connectivity index (χ0n) is 14.0. The summed E-state index contributed by atoms with van der Waals surface area (Å²) in [5.74, 6) is 0.953. The van der Waals surface area contributed by atoms with Crippen LogP contribution in [0.15, 0.2) is 23.1 Å². The number of sulfonamides is 1. The lowest BCUT2D eigenvalue weighted by Gasteiger charge is -2.33. The van der Waals surface area contributed by atoms with E-state index in [1.807, 2.05) is 6.92 Å². The number of benzene rings is 1. The summed E-state index contributed by atoms with van der Waals surface area (Å²) < 4.78 is 38.4. The van der Waals surface area contributed by atoms with Gasteiger partial charge in [0.15, 0.2) is 0 Å². The van der Waals surface area contributed by atoms with E-state index in [1.54, 1.807) is 22.5 Å². The summed E-state index contributed by atoms with van der Waals surface area (Å²) in [4.78, 5) is 0.223. The van der Waals surface area contributed by atoms with Gasteiger partial charge in [0.05, 0.1) is 19.1 Å². The maximum Gasteiger partial charge on any atom is 0.243 e. The molecule has 7 heteroatoms. The van der Waals surface area contributed by atoms with E-state index >= 15 is 0 Å². The van der Waals surface area contributed by atoms with E-state index in [9.17, 15) is 8.42 Å². The standard InChI is InChI=1S/C16H26N2O4S/c1-4-9-18(13-5-7-17-8-6-13)23(19,20)16-11-14(21-2)10-15(12-16)22-3/h10-13,17H,4-9H2,1-3H3. The lowest BCUT2D eigenvalue weighted by atomic mass is 10.1. The third kappa shape index (κ3) is 4.16. The number of methoxy groups -OCH3 is 2. The van der Waals surface area contributed by atoms with E-state index in [4.69, 9.17) is 9.47 Å². The van der Waals surface area contributed by atoms with Gasteiger partial charge in [0.25, 0.3) is 0 Å². The SMILES string of the molecule is CCCN(C1CCNCC1)S(=O)(=O)c1cc(OC)cc(OC)c1. The third-order valence-corrected chi connectivity index (χ3v) is 6.02. The summed E-state index contributed by atoms with van der Waals surface area (Å²) in [5.41, 5.74) is 0. The molecule has 2 rings (SSSR count). The van der Waals surface area contributed by atoms with Gasteiger partial charge in [-0.25, -0.2) is 8.42 Å². The van der Waals surface area contributed by atoms with Crippen molar-refractivity contribution in [1.82, 2.24) is 9.62 Å². The van der Waals surface area contributed by atoms with Crippen LogP contribution in [0.2, 0.25) is 0 Å². The number of hydrogen-bond acceptors (Lipinski definition) is 5. The normalized spacial score (nSPS) is 16.5. The number of nitrogens with one attached hydrogen (secondary N) is 1. The van der Waals surface area contributed by atoms with Crippen LogP contribution in [0, 0.1) is 0 Å². The molecule has 1 saturated heterocycles. The molecule has 0 aromatic heterocycles. The Hall–Kier alpha value is -1.31. The molecule has 0 radical (unpaired) electrons. The van der Waals surface area contributed by atoms with Gasteiger partial charge in [-0.15, -0.1) is 0 Å². The third-order valence-electron chi connectivity index (χ3n) is 4.09. The van der Waals surface area contributed by atoms with Gasteiger partial charge in [-0.2, -0.15) is 4.31 Å². The second-order valence-corrected chi connectivity index (χ2v) is 7.54. The van der Waals surface area contributed by atoms with Crippen LogP contribution in [-0.4, -0.2) is 52.6 Å². The topological polar surface area (TPSA) is 67.9 Å². The summed E-state index contributed by atoms with van der Waals surface area (Å²) in [6.45, 7) is 4.21. The molecule has 0 bridgehead atoms. The smallest absolute Gasteiger partial charge is 0.243 e. The molecule has 1 heterocycles. The van der Waals surface area contributed by atoms with Crippen molar-refractivity contribution in [3.63, 3.8) is 0 Å². The van der Waals surface area contributed by atoms with Crippen molar-refractivity contribution in [2.45, 2.75) is 37.1 Å². The van der Waals surface area contributed by atoms with Crippen molar-refractivity contribution < 1.29 is 17.9 Å². The van der Waals surface area contributed by atoms with Gasteiger partial charge >= 0.3 is 0 Å². The van der Waals surface area contributed by atoms with Crippen LogP contribution in [0.1, 0.15) is 26.2 Å². The summed E-state index contributed by atoms with van der Waals surface area (Å²) in [6.07, 6.45) is 2.45. The van der Waals surface area contributed by atoms with Gasteiger partial charge in [0.1, 0.15) is 11.5 Å². The molecule has 130 valence electrons. The zero-order chi connectivity index (χ0) is 16.9. The molecule has 0 unspecified atom stereocenters. The van der Waals surface area contributed by atoms with Gasteiger partial charge in [0.2, 0.25) is 10.0 Å². The molecule has 1 aliphatic heterocycles. The molecular weight excluding hydrogens is 316 g/mol. The van der Waals surface area contributed by atoms with Crippen LogP contribution in [-0.2, 0) is 10.0 Å². The van der Waals surface area contributed by atoms with E-state index in [1.165, 1.54) is 14.2 Å². The van der Waals surface area contributed by atoms with Crippen molar-refractivity contribution in [3.8, 4) is 11.5 Å². The highest BCUT2D eigenvalue weighted by Gasteiger charge is 2.32. The van der Waals surface area contributed by atoms with E-state index in [-0.39, 0.29) is 10.9 Å². The van der Waals surface area contributed by atoms with Crippen LogP contribution < -0.4 is 14.8 Å². The summed E-state index contributed by atoms with van der Waals surface area (Å²) >= 11 is 0. The van der Waals surface area contributed by atoms with Gasteiger partial charge in [-0.05, 0) is 32.4 Å². The van der Waals surface area contributed by atoms with Crippen LogP contribution in [0.5, 0.6) is 11.5 Å². The van der Waals surface area contributed by atoms with Gasteiger partial charge in [-0.3, -0.25) is 0 Å². The first-order chi connectivity index (χ1) is 11.0. The van der Waals surface area contributed by atoms with E-state index in [2.05, 4.69) is 5.32 Å². The van der Waals surface area contributed by atoms with Gasteiger partial charge < -0.3 is 14.8 Å². The Bertz CT molecular complexity index is 590. The summed E-state index contributed by atoms with van der Waals surface area (Å²) in [7, 11) is -0.551. The summed E-state index contributed by atoms with van der Waals surface area (Å²) in [5, 5.41) is 3.28. The fourth-order valence-electron chi connectivity index (χ4n) is 2.88. The Morgan fingerprint density at radius 2 is 1.70 bits per heavy atom. The van der Waals surface area contributed by atoms with Crippen LogP contribution in [0.25, 0.3) is 0 Å². The zero-order valence-corrected chi connectivity index (χ0v) is 14.9. The Balaban J connectivity index is 2.40. The number of hydrogen-bond donors (Lipinski definition) is 1. The van der Waals surface area contributed by atoms with Gasteiger partial charge in [0, 0.05) is 30.8 Å². The fraction of sp³-hybridized carbons (Fsp3) is 0.625. The van der Waals surface area contributed by atoms with Crippen molar-refractivity contribution in [1.29, 1.82) is 0 Å². The fourth-order valence-corrected chi connectivity index (χ4v) is 4.71. The Morgan fingerprint density at radius 3 is 2.17 bits per heavy atom. The lowest BCUT2D eigenvalue weighted by molar-refractivity contribution is 0.262. The first-order valence-corrected chi connectivity index (χ1v) is 9.42. The lowest BCUT2D eigenvalue weighted by Crippen LogP contribution is -2.46. The predicted octanol–water partition coefficient (Wildman–Crippen LogP) is 1.86. The second-order valence-electron chi connectivity index (χ2n) is 5.65. The number of nitrogens with zero attached hydrogens (tertiary/aromatic N) is 1. The highest BCUT2D eigenvalue weighted by molar-refractivity contribution is 7.89. The molecule has 0 spiro atoms. The molecular formula is C16H26N2O4S. The van der Waals surface area contributed by atoms with Crippen LogP contribution in [0.4, 0.5) is 0 Å². The molecule has 1 N–H and O–H groups in total. The number of ether oxygens (including phenoxy) is 2. The molecule has 1 aromatic rings. The van der Waals surface area contributed by atoms with Crippen molar-refractivity contribution >= 4 is 10.0 Å². The molecule has 0 aliphatic carbocycles. The first kappa shape index (κ1) is 18.0. The molecule has 23 heavy (non-hydrogen) atoms. The molecule has 0 atom stereocenters. The minimum absolute atomic E-state index is 0.0402. The van der Waals surface area contributed by atoms with Gasteiger partial charge in [-0.1, -0.05) is 6.92 Å². The molecule has 1 fully saturated rings. The van der Waals surface area contributed by atoms with Crippen molar-refractivity contribution in [3.05, 3.63) is 18.2 Å². The summed E-state index contributed by atoms with van der Waals surface area (Å²) in [6, 6.07) is 4.83. The quantitative estimate of drug-likeness (QED) is 0.819. The maximum atomic E-state index is 13.2.